The van der Waals surface area contributed by atoms with Crippen LogP contribution in [0.1, 0.15) is 32.3 Å². The number of fused-ring (bicyclic) bond motifs is 1. The standard InChI is InChI=1S/C25H35N5O7S/c1-13(2)21(24(35)29-19(25(36)37)11-20(31)32)30-23(34)18(28-22(33)16(26)8-9-38-3)10-14-12-27-17-7-5-4-6-15(14)17/h4-7,12-13,16,18-19,21,27H,8-11,26H2,1-3H3,(H,28,33)(H,29,35)(H,30,34)(H,31,32)(H,36,37). The molecule has 0 aliphatic rings. The first-order chi connectivity index (χ1) is 17.9. The molecule has 0 saturated heterocycles. The number of nitrogens with one attached hydrogen (secondary N) is 4. The number of hydrogen-bond donors (Lipinski definition) is 7. The van der Waals surface area contributed by atoms with E-state index in [4.69, 9.17) is 10.8 Å². The molecule has 3 amide bonds. The maximum Gasteiger partial charge on any atom is 0.326 e. The van der Waals surface area contributed by atoms with Crippen molar-refractivity contribution in [2.45, 2.75) is 57.3 Å². The highest BCUT2D eigenvalue weighted by molar-refractivity contribution is 7.98. The molecule has 38 heavy (non-hydrogen) atoms. The highest BCUT2D eigenvalue weighted by Crippen LogP contribution is 2.19. The van der Waals surface area contributed by atoms with Crippen LogP contribution >= 0.6 is 11.8 Å². The number of H-pyrrole nitrogens is 1. The number of para-hydroxylation sites is 1. The van der Waals surface area contributed by atoms with Crippen LogP contribution in [0.3, 0.4) is 0 Å². The summed E-state index contributed by atoms with van der Waals surface area (Å²) in [6, 6.07) is 2.67. The first-order valence-electron chi connectivity index (χ1n) is 12.1. The van der Waals surface area contributed by atoms with Gasteiger partial charge in [0.1, 0.15) is 18.1 Å². The van der Waals surface area contributed by atoms with Crippen LogP contribution in [0.15, 0.2) is 30.5 Å². The lowest BCUT2D eigenvalue weighted by Gasteiger charge is -2.27. The number of rotatable bonds is 15. The molecule has 0 aliphatic carbocycles. The summed E-state index contributed by atoms with van der Waals surface area (Å²) in [5.41, 5.74) is 7.62. The van der Waals surface area contributed by atoms with Crippen LogP contribution in [0.2, 0.25) is 0 Å². The van der Waals surface area contributed by atoms with Crippen LogP contribution in [0, 0.1) is 5.92 Å². The van der Waals surface area contributed by atoms with E-state index in [0.717, 1.165) is 16.5 Å². The fraction of sp³-hybridized carbons (Fsp3) is 0.480. The van der Waals surface area contributed by atoms with E-state index in [1.807, 2.05) is 30.5 Å². The Kier molecular flexibility index (Phi) is 11.6. The van der Waals surface area contributed by atoms with E-state index in [0.29, 0.717) is 12.2 Å². The van der Waals surface area contributed by atoms with E-state index < -0.39 is 66.2 Å². The molecule has 0 fully saturated rings. The summed E-state index contributed by atoms with van der Waals surface area (Å²) in [7, 11) is 0. The first kappa shape index (κ1) is 30.6. The number of carboxylic acids is 2. The molecule has 12 nitrogen and oxygen atoms in total. The lowest BCUT2D eigenvalue weighted by atomic mass is 10.00. The van der Waals surface area contributed by atoms with Gasteiger partial charge < -0.3 is 36.9 Å². The number of thioether (sulfide) groups is 1. The van der Waals surface area contributed by atoms with Gasteiger partial charge in [-0.25, -0.2) is 4.79 Å². The first-order valence-corrected chi connectivity index (χ1v) is 13.5. The number of aliphatic carboxylic acids is 2. The number of nitrogens with two attached hydrogens (primary N) is 1. The van der Waals surface area contributed by atoms with Crippen LogP contribution in [0.25, 0.3) is 10.9 Å². The third-order valence-electron chi connectivity index (χ3n) is 5.94. The predicted octanol–water partition coefficient (Wildman–Crippen LogP) is 0.461. The Balaban J connectivity index is 2.27. The summed E-state index contributed by atoms with van der Waals surface area (Å²) >= 11 is 1.54. The molecule has 4 unspecified atom stereocenters. The topological polar surface area (TPSA) is 204 Å². The Hall–Kier alpha value is -3.58. The third kappa shape index (κ3) is 8.77. The highest BCUT2D eigenvalue weighted by Gasteiger charge is 2.33. The van der Waals surface area contributed by atoms with Crippen molar-refractivity contribution in [3.8, 4) is 0 Å². The summed E-state index contributed by atoms with van der Waals surface area (Å²) in [4.78, 5) is 64.6. The van der Waals surface area contributed by atoms with Crippen molar-refractivity contribution < 1.29 is 34.2 Å². The second-order valence-corrected chi connectivity index (χ2v) is 10.2. The molecule has 0 saturated carbocycles. The second-order valence-electron chi connectivity index (χ2n) is 9.24. The van der Waals surface area contributed by atoms with Crippen LogP contribution in [-0.2, 0) is 30.4 Å². The molecular formula is C25H35N5O7S. The minimum absolute atomic E-state index is 0.0973. The van der Waals surface area contributed by atoms with E-state index >= 15 is 0 Å². The van der Waals surface area contributed by atoms with Gasteiger partial charge in [-0.2, -0.15) is 11.8 Å². The largest absolute Gasteiger partial charge is 0.481 e. The molecule has 208 valence electrons. The summed E-state index contributed by atoms with van der Waals surface area (Å²) in [6.45, 7) is 3.28. The van der Waals surface area contributed by atoms with Gasteiger partial charge >= 0.3 is 11.9 Å². The molecule has 1 aromatic carbocycles. The number of carboxylic acid groups (broad SMARTS) is 2. The number of aromatic nitrogens is 1. The number of aromatic amines is 1. The van der Waals surface area contributed by atoms with Gasteiger partial charge in [0.15, 0.2) is 0 Å². The molecule has 1 heterocycles. The minimum Gasteiger partial charge on any atom is -0.481 e. The zero-order valence-corrected chi connectivity index (χ0v) is 22.3. The van der Waals surface area contributed by atoms with Crippen LogP contribution in [0.5, 0.6) is 0 Å². The molecule has 1 aromatic heterocycles. The molecule has 2 rings (SSSR count). The molecule has 0 aliphatic heterocycles. The van der Waals surface area contributed by atoms with Crippen LogP contribution in [0.4, 0.5) is 0 Å². The molecule has 13 heteroatoms. The SMILES string of the molecule is CSCCC(N)C(=O)NC(Cc1c[nH]c2ccccc12)C(=O)NC(C(=O)NC(CC(=O)O)C(=O)O)C(C)C. The monoisotopic (exact) mass is 549 g/mol. The normalized spacial score (nSPS) is 14.3. The fourth-order valence-electron chi connectivity index (χ4n) is 3.81. The molecule has 8 N–H and O–H groups in total. The number of amides is 3. The lowest BCUT2D eigenvalue weighted by Crippen LogP contribution is -2.59. The van der Waals surface area contributed by atoms with Gasteiger partial charge in [-0.1, -0.05) is 32.0 Å². The van der Waals surface area contributed by atoms with Crippen LogP contribution in [-0.4, -0.2) is 81.0 Å². The maximum atomic E-state index is 13.4. The van der Waals surface area contributed by atoms with Crippen molar-refractivity contribution >= 4 is 52.3 Å². The Morgan fingerprint density at radius 3 is 2.24 bits per heavy atom. The number of carbonyl (C=O) groups is 5. The summed E-state index contributed by atoms with van der Waals surface area (Å²) in [5.74, 6) is -4.77. The van der Waals surface area contributed by atoms with Gasteiger partial charge in [0.2, 0.25) is 17.7 Å². The number of benzene rings is 1. The van der Waals surface area contributed by atoms with E-state index in [-0.39, 0.29) is 6.42 Å². The van der Waals surface area contributed by atoms with Gasteiger partial charge in [0.05, 0.1) is 12.5 Å². The number of hydrogen-bond acceptors (Lipinski definition) is 7. The fourth-order valence-corrected chi connectivity index (χ4v) is 4.30. The quantitative estimate of drug-likeness (QED) is 0.165. The van der Waals surface area contributed by atoms with Gasteiger partial charge in [-0.15, -0.1) is 0 Å². The molecule has 0 radical (unpaired) electrons. The average molecular weight is 550 g/mol. The molecule has 2 aromatic rings. The Labute approximate surface area is 224 Å². The molecular weight excluding hydrogens is 514 g/mol. The third-order valence-corrected chi connectivity index (χ3v) is 6.59. The van der Waals surface area contributed by atoms with E-state index in [1.165, 1.54) is 11.8 Å². The zero-order valence-electron chi connectivity index (χ0n) is 21.5. The number of carbonyl (C=O) groups excluding carboxylic acids is 3. The van der Waals surface area contributed by atoms with E-state index in [9.17, 15) is 29.1 Å². The smallest absolute Gasteiger partial charge is 0.326 e. The summed E-state index contributed by atoms with van der Waals surface area (Å²) in [5, 5.41) is 26.6. The summed E-state index contributed by atoms with van der Waals surface area (Å²) in [6.07, 6.45) is 3.31. The van der Waals surface area contributed by atoms with Gasteiger partial charge in [-0.05, 0) is 36.0 Å². The van der Waals surface area contributed by atoms with Crippen molar-refractivity contribution in [2.24, 2.45) is 11.7 Å². The second kappa shape index (κ2) is 14.4. The molecule has 4 atom stereocenters. The minimum atomic E-state index is -1.67. The summed E-state index contributed by atoms with van der Waals surface area (Å²) < 4.78 is 0. The Morgan fingerprint density at radius 2 is 1.63 bits per heavy atom. The van der Waals surface area contributed by atoms with Gasteiger partial charge in [-0.3, -0.25) is 19.2 Å². The molecule has 0 bridgehead atoms. The van der Waals surface area contributed by atoms with E-state index in [1.54, 1.807) is 20.0 Å². The Morgan fingerprint density at radius 1 is 0.974 bits per heavy atom. The Bertz CT molecular complexity index is 1150. The van der Waals surface area contributed by atoms with Crippen molar-refractivity contribution in [3.63, 3.8) is 0 Å². The van der Waals surface area contributed by atoms with E-state index in [2.05, 4.69) is 20.9 Å². The molecule has 0 spiro atoms. The lowest BCUT2D eigenvalue weighted by molar-refractivity contribution is -0.147. The van der Waals surface area contributed by atoms with Crippen molar-refractivity contribution in [2.75, 3.05) is 12.0 Å². The van der Waals surface area contributed by atoms with Gasteiger partial charge in [0, 0.05) is 23.5 Å². The van der Waals surface area contributed by atoms with Crippen molar-refractivity contribution in [3.05, 3.63) is 36.0 Å². The maximum absolute atomic E-state index is 13.4. The van der Waals surface area contributed by atoms with Crippen LogP contribution < -0.4 is 21.7 Å². The zero-order chi connectivity index (χ0) is 28.4. The predicted molar refractivity (Wildman–Crippen MR) is 143 cm³/mol. The highest BCUT2D eigenvalue weighted by atomic mass is 32.2. The average Bonchev–Trinajstić information content (AvgIpc) is 3.26. The van der Waals surface area contributed by atoms with Crippen molar-refractivity contribution in [1.29, 1.82) is 0 Å². The van der Waals surface area contributed by atoms with Crippen molar-refractivity contribution in [1.82, 2.24) is 20.9 Å². The van der Waals surface area contributed by atoms with Gasteiger partial charge in [0.25, 0.3) is 0 Å².